The van der Waals surface area contributed by atoms with Crippen LogP contribution in [0.2, 0.25) is 0 Å². The van der Waals surface area contributed by atoms with Crippen molar-refractivity contribution in [2.24, 2.45) is 5.16 Å². The molecule has 0 fully saturated rings. The largest absolute Gasteiger partial charge is 0.493 e. The number of aromatic nitrogens is 1. The molecule has 3 aromatic carbocycles. The molecule has 8 nitrogen and oxygen atoms in total. The highest BCUT2D eigenvalue weighted by atomic mass is 32.1. The fourth-order valence-electron chi connectivity index (χ4n) is 4.22. The number of oxime groups is 1. The fraction of sp³-hybridized carbons (Fsp3) is 0.323. The molecule has 9 heteroatoms. The van der Waals surface area contributed by atoms with Crippen molar-refractivity contribution in [3.63, 3.8) is 0 Å². The smallest absolute Gasteiger partial charge is 0.349 e. The topological polar surface area (TPSA) is 88.4 Å². The van der Waals surface area contributed by atoms with E-state index in [1.54, 1.807) is 32.9 Å². The second-order valence-corrected chi connectivity index (χ2v) is 10.5. The Morgan fingerprint density at radius 2 is 1.73 bits per heavy atom. The minimum Gasteiger partial charge on any atom is -0.493 e. The first kappa shape index (κ1) is 28.9. The molecule has 0 bridgehead atoms. The zero-order chi connectivity index (χ0) is 28.5. The Kier molecular flexibility index (Phi) is 9.60. The molecule has 1 aromatic heterocycles. The van der Waals surface area contributed by atoms with Gasteiger partial charge in [0.15, 0.2) is 5.60 Å². The van der Waals surface area contributed by atoms with E-state index in [0.29, 0.717) is 37.0 Å². The lowest BCUT2D eigenvalue weighted by Crippen LogP contribution is -2.39. The van der Waals surface area contributed by atoms with Crippen molar-refractivity contribution in [2.75, 3.05) is 20.3 Å². The molecule has 210 valence electrons. The van der Waals surface area contributed by atoms with Crippen LogP contribution in [-0.4, -0.2) is 42.2 Å². The van der Waals surface area contributed by atoms with Crippen LogP contribution in [0.15, 0.2) is 82.7 Å². The minimum absolute atomic E-state index is 0.00655. The Morgan fingerprint density at radius 1 is 0.950 bits per heavy atom. The summed E-state index contributed by atoms with van der Waals surface area (Å²) in [5.74, 6) is 0.750. The number of benzene rings is 3. The number of esters is 1. The van der Waals surface area contributed by atoms with Gasteiger partial charge in [-0.1, -0.05) is 59.0 Å². The summed E-state index contributed by atoms with van der Waals surface area (Å²) in [7, 11) is 1.53. The van der Waals surface area contributed by atoms with Gasteiger partial charge in [-0.2, -0.15) is 0 Å². The normalized spacial score (nSPS) is 11.8. The summed E-state index contributed by atoms with van der Waals surface area (Å²) in [6.45, 7) is 6.48. The van der Waals surface area contributed by atoms with Crippen LogP contribution in [0.4, 0.5) is 0 Å². The number of rotatable bonds is 13. The lowest BCUT2D eigenvalue weighted by atomic mass is 10.0. The molecule has 0 saturated heterocycles. The van der Waals surface area contributed by atoms with Gasteiger partial charge in [-0.3, -0.25) is 9.36 Å². The molecule has 4 aromatic rings. The quantitative estimate of drug-likeness (QED) is 0.0854. The molecular formula is C31H34N2O6S. The maximum Gasteiger partial charge on any atom is 0.349 e. The van der Waals surface area contributed by atoms with Crippen molar-refractivity contribution >= 4 is 33.2 Å². The first-order chi connectivity index (χ1) is 19.3. The van der Waals surface area contributed by atoms with Crippen LogP contribution < -0.4 is 14.3 Å². The standard InChI is InChI=1S/C31H34N2O6S/c1-5-37-29(34)31(2,3)39-25-15-11-14-24(21-25)38-19-10-9-18-33-26-17-16-23(20-27(26)40-30(33)35)28(32-36-4)22-12-7-6-8-13-22/h6-8,11-17,20-21H,5,9-10,18-19H2,1-4H3. The lowest BCUT2D eigenvalue weighted by molar-refractivity contribution is -0.158. The van der Waals surface area contributed by atoms with Gasteiger partial charge < -0.3 is 19.0 Å². The predicted molar refractivity (Wildman–Crippen MR) is 158 cm³/mol. The lowest BCUT2D eigenvalue weighted by Gasteiger charge is -2.24. The summed E-state index contributed by atoms with van der Waals surface area (Å²) >= 11 is 1.23. The number of ether oxygens (including phenoxy) is 3. The Balaban J connectivity index is 1.35. The molecular weight excluding hydrogens is 528 g/mol. The number of carbonyl (C=O) groups is 1. The van der Waals surface area contributed by atoms with Crippen molar-refractivity contribution in [3.8, 4) is 11.5 Å². The van der Waals surface area contributed by atoms with E-state index >= 15 is 0 Å². The number of unbranched alkanes of at least 4 members (excludes halogenated alkanes) is 1. The summed E-state index contributed by atoms with van der Waals surface area (Å²) < 4.78 is 19.5. The number of nitrogens with zero attached hydrogens (tertiary/aromatic N) is 2. The molecule has 0 N–H and O–H groups in total. The molecule has 0 aliphatic carbocycles. The van der Waals surface area contributed by atoms with E-state index in [9.17, 15) is 9.59 Å². The zero-order valence-corrected chi connectivity index (χ0v) is 24.0. The second-order valence-electron chi connectivity index (χ2n) is 9.55. The van der Waals surface area contributed by atoms with E-state index < -0.39 is 11.6 Å². The van der Waals surface area contributed by atoms with Gasteiger partial charge in [0.05, 0.1) is 23.4 Å². The number of fused-ring (bicyclic) bond motifs is 1. The van der Waals surface area contributed by atoms with E-state index in [0.717, 1.165) is 34.2 Å². The molecule has 0 saturated carbocycles. The average Bonchev–Trinajstić information content (AvgIpc) is 3.26. The van der Waals surface area contributed by atoms with Gasteiger partial charge in [-0.25, -0.2) is 4.79 Å². The maximum atomic E-state index is 12.8. The first-order valence-electron chi connectivity index (χ1n) is 13.2. The van der Waals surface area contributed by atoms with Gasteiger partial charge in [0.1, 0.15) is 24.3 Å². The van der Waals surface area contributed by atoms with E-state index in [1.165, 1.54) is 18.4 Å². The molecule has 0 amide bonds. The third-order valence-electron chi connectivity index (χ3n) is 6.16. The van der Waals surface area contributed by atoms with Gasteiger partial charge in [-0.15, -0.1) is 0 Å². The van der Waals surface area contributed by atoms with Crippen LogP contribution in [0.3, 0.4) is 0 Å². The number of thiazole rings is 1. The van der Waals surface area contributed by atoms with E-state index in [4.69, 9.17) is 19.0 Å². The molecule has 0 aliphatic heterocycles. The number of hydrogen-bond acceptors (Lipinski definition) is 8. The summed E-state index contributed by atoms with van der Waals surface area (Å²) in [5, 5.41) is 4.23. The molecule has 0 aliphatic rings. The summed E-state index contributed by atoms with van der Waals surface area (Å²) in [5.41, 5.74) is 2.34. The Bertz CT molecular complexity index is 1520. The second kappa shape index (κ2) is 13.3. The van der Waals surface area contributed by atoms with Crippen molar-refractivity contribution < 1.29 is 23.8 Å². The first-order valence-corrected chi connectivity index (χ1v) is 14.0. The van der Waals surface area contributed by atoms with Gasteiger partial charge >= 0.3 is 10.8 Å². The molecule has 0 radical (unpaired) electrons. The summed E-state index contributed by atoms with van der Waals surface area (Å²) in [6, 6.07) is 22.9. The molecule has 0 spiro atoms. The van der Waals surface area contributed by atoms with E-state index in [1.807, 2.05) is 65.2 Å². The third-order valence-corrected chi connectivity index (χ3v) is 7.10. The monoisotopic (exact) mass is 562 g/mol. The number of hydrogen-bond donors (Lipinski definition) is 0. The Hall–Kier alpha value is -4.11. The Morgan fingerprint density at radius 3 is 2.48 bits per heavy atom. The predicted octanol–water partition coefficient (Wildman–Crippen LogP) is 6.04. The van der Waals surface area contributed by atoms with Crippen LogP contribution in [0, 0.1) is 0 Å². The molecule has 1 heterocycles. The van der Waals surface area contributed by atoms with Gasteiger partial charge in [0, 0.05) is 23.7 Å². The van der Waals surface area contributed by atoms with Gasteiger partial charge in [0.2, 0.25) is 0 Å². The summed E-state index contributed by atoms with van der Waals surface area (Å²) in [6.07, 6.45) is 1.54. The van der Waals surface area contributed by atoms with Crippen LogP contribution in [0.5, 0.6) is 11.5 Å². The van der Waals surface area contributed by atoms with Gasteiger partial charge in [0.25, 0.3) is 0 Å². The van der Waals surface area contributed by atoms with Crippen LogP contribution >= 0.6 is 11.3 Å². The van der Waals surface area contributed by atoms with Gasteiger partial charge in [-0.05, 0) is 57.9 Å². The van der Waals surface area contributed by atoms with Crippen molar-refractivity contribution in [1.29, 1.82) is 0 Å². The number of carbonyl (C=O) groups excluding carboxylic acids is 1. The third kappa shape index (κ3) is 7.09. The number of aryl methyl sites for hydroxylation is 1. The zero-order valence-electron chi connectivity index (χ0n) is 23.2. The van der Waals surface area contributed by atoms with Crippen LogP contribution in [0.25, 0.3) is 10.2 Å². The molecule has 40 heavy (non-hydrogen) atoms. The maximum absolute atomic E-state index is 12.8. The SMILES string of the molecule is CCOC(=O)C(C)(C)Oc1cccc(OCCCCn2c(=O)sc3cc(C(=NOC)c4ccccc4)ccc32)c1. The Labute approximate surface area is 237 Å². The highest BCUT2D eigenvalue weighted by Crippen LogP contribution is 2.25. The summed E-state index contributed by atoms with van der Waals surface area (Å²) in [4.78, 5) is 30.0. The van der Waals surface area contributed by atoms with E-state index in [2.05, 4.69) is 5.16 Å². The average molecular weight is 563 g/mol. The molecule has 0 atom stereocenters. The van der Waals surface area contributed by atoms with Crippen LogP contribution in [-0.2, 0) is 20.9 Å². The minimum atomic E-state index is -1.11. The highest BCUT2D eigenvalue weighted by Gasteiger charge is 2.31. The van der Waals surface area contributed by atoms with E-state index in [-0.39, 0.29) is 4.87 Å². The van der Waals surface area contributed by atoms with Crippen LogP contribution in [0.1, 0.15) is 44.7 Å². The van der Waals surface area contributed by atoms with Crippen molar-refractivity contribution in [2.45, 2.75) is 45.8 Å². The highest BCUT2D eigenvalue weighted by molar-refractivity contribution is 7.16. The van der Waals surface area contributed by atoms with Crippen molar-refractivity contribution in [1.82, 2.24) is 4.57 Å². The fourth-order valence-corrected chi connectivity index (χ4v) is 5.17. The van der Waals surface area contributed by atoms with Crippen molar-refractivity contribution in [3.05, 3.63) is 93.6 Å². The molecule has 4 rings (SSSR count). The molecule has 0 unspecified atom stereocenters.